The van der Waals surface area contributed by atoms with Crippen LogP contribution in [0.15, 0.2) is 267 Å². The van der Waals surface area contributed by atoms with Crippen LogP contribution in [0.4, 0.5) is 17.1 Å². The number of anilines is 3. The quantitative estimate of drug-likeness (QED) is 0.155. The Hall–Kier alpha value is -8.98. The number of hydrogen-bond acceptors (Lipinski definition) is 1. The monoisotopic (exact) mass is 876 g/mol. The second-order valence-electron chi connectivity index (χ2n) is 18.4. The van der Waals surface area contributed by atoms with E-state index in [9.17, 15) is 0 Å². The predicted octanol–water partition coefficient (Wildman–Crippen LogP) is 17.6. The summed E-state index contributed by atoms with van der Waals surface area (Å²) in [7, 11) is 0. The van der Waals surface area contributed by atoms with Crippen LogP contribution >= 0.6 is 0 Å². The fraction of sp³-hybridized carbons (Fsp3) is 0.0149. The third-order valence-corrected chi connectivity index (χ3v) is 14.8. The highest BCUT2D eigenvalue weighted by Crippen LogP contribution is 2.63. The summed E-state index contributed by atoms with van der Waals surface area (Å²) in [6.45, 7) is 0. The molecule has 1 aromatic heterocycles. The molecule has 2 heteroatoms. The van der Waals surface area contributed by atoms with Gasteiger partial charge in [0.1, 0.15) is 0 Å². The maximum absolute atomic E-state index is 2.48. The Morgan fingerprint density at radius 3 is 1.32 bits per heavy atom. The van der Waals surface area contributed by atoms with Crippen molar-refractivity contribution < 1.29 is 0 Å². The van der Waals surface area contributed by atoms with E-state index in [4.69, 9.17) is 0 Å². The van der Waals surface area contributed by atoms with E-state index in [1.54, 1.807) is 0 Å². The fourth-order valence-electron chi connectivity index (χ4n) is 11.9. The van der Waals surface area contributed by atoms with Crippen LogP contribution < -0.4 is 4.90 Å². The van der Waals surface area contributed by atoms with Gasteiger partial charge in [0.05, 0.1) is 16.4 Å². The lowest BCUT2D eigenvalue weighted by Gasteiger charge is -2.32. The molecule has 2 nitrogen and oxygen atoms in total. The van der Waals surface area contributed by atoms with Gasteiger partial charge in [0.25, 0.3) is 0 Å². The highest BCUT2D eigenvalue weighted by atomic mass is 15.1. The largest absolute Gasteiger partial charge is 0.310 e. The number of rotatable bonds is 7. The van der Waals surface area contributed by atoms with Gasteiger partial charge in [0, 0.05) is 33.5 Å². The maximum atomic E-state index is 2.48. The van der Waals surface area contributed by atoms with Gasteiger partial charge in [-0.05, 0) is 139 Å². The molecule has 0 bridgehead atoms. The fourth-order valence-corrected chi connectivity index (χ4v) is 11.9. The Labute approximate surface area is 402 Å². The molecule has 11 aromatic carbocycles. The maximum Gasteiger partial charge on any atom is 0.0726 e. The van der Waals surface area contributed by atoms with Crippen molar-refractivity contribution in [3.8, 4) is 61.3 Å². The summed E-state index contributed by atoms with van der Waals surface area (Å²) in [5, 5.41) is 2.51. The van der Waals surface area contributed by atoms with Gasteiger partial charge in [-0.15, -0.1) is 0 Å². The predicted molar refractivity (Wildman–Crippen MR) is 288 cm³/mol. The number of hydrogen-bond donors (Lipinski definition) is 0. The lowest BCUT2D eigenvalue weighted by Crippen LogP contribution is -2.26. The highest BCUT2D eigenvalue weighted by Gasteiger charge is 2.51. The zero-order valence-electron chi connectivity index (χ0n) is 37.8. The zero-order chi connectivity index (χ0) is 45.5. The summed E-state index contributed by atoms with van der Waals surface area (Å²) in [6.07, 6.45) is 0. The van der Waals surface area contributed by atoms with Crippen LogP contribution in [-0.4, -0.2) is 4.57 Å². The number of aromatic nitrogens is 1. The van der Waals surface area contributed by atoms with Crippen molar-refractivity contribution in [3.63, 3.8) is 0 Å². The molecule has 14 rings (SSSR count). The smallest absolute Gasteiger partial charge is 0.0726 e. The van der Waals surface area contributed by atoms with Gasteiger partial charge in [-0.3, -0.25) is 0 Å². The third kappa shape index (κ3) is 5.92. The Kier molecular flexibility index (Phi) is 8.84. The topological polar surface area (TPSA) is 8.17 Å². The first kappa shape index (κ1) is 39.2. The van der Waals surface area contributed by atoms with Crippen LogP contribution in [0.25, 0.3) is 83.1 Å². The van der Waals surface area contributed by atoms with Crippen LogP contribution in [0, 0.1) is 0 Å². The first-order valence-corrected chi connectivity index (χ1v) is 23.9. The minimum absolute atomic E-state index is 0.440. The second-order valence-corrected chi connectivity index (χ2v) is 18.4. The highest BCUT2D eigenvalue weighted by molar-refractivity contribution is 6.10. The summed E-state index contributed by atoms with van der Waals surface area (Å²) in [4.78, 5) is 2.44. The summed E-state index contributed by atoms with van der Waals surface area (Å²) in [5.74, 6) is 0. The Morgan fingerprint density at radius 1 is 0.261 bits per heavy atom. The summed E-state index contributed by atoms with van der Waals surface area (Å²) in [6, 6.07) is 98.5. The van der Waals surface area contributed by atoms with Crippen molar-refractivity contribution in [2.45, 2.75) is 5.41 Å². The first-order valence-electron chi connectivity index (χ1n) is 23.9. The van der Waals surface area contributed by atoms with E-state index in [2.05, 4.69) is 276 Å². The number of nitrogens with zero attached hydrogens (tertiary/aromatic N) is 2. The molecule has 2 aliphatic rings. The minimum atomic E-state index is -0.440. The van der Waals surface area contributed by atoms with Crippen molar-refractivity contribution in [1.29, 1.82) is 0 Å². The molecule has 69 heavy (non-hydrogen) atoms. The van der Waals surface area contributed by atoms with E-state index in [1.807, 2.05) is 0 Å². The molecule has 0 fully saturated rings. The van der Waals surface area contributed by atoms with Crippen LogP contribution in [-0.2, 0) is 5.41 Å². The molecule has 2 aliphatic carbocycles. The summed E-state index contributed by atoms with van der Waals surface area (Å²) < 4.78 is 2.40. The first-order chi connectivity index (χ1) is 34.2. The van der Waals surface area contributed by atoms with E-state index >= 15 is 0 Å². The van der Waals surface area contributed by atoms with E-state index < -0.39 is 5.41 Å². The van der Waals surface area contributed by atoms with Crippen LogP contribution in [0.3, 0.4) is 0 Å². The van der Waals surface area contributed by atoms with E-state index in [-0.39, 0.29) is 0 Å². The van der Waals surface area contributed by atoms with Crippen LogP contribution in [0.2, 0.25) is 0 Å². The molecule has 0 radical (unpaired) electrons. The molecule has 0 N–H and O–H groups in total. The van der Waals surface area contributed by atoms with Gasteiger partial charge in [-0.25, -0.2) is 0 Å². The third-order valence-electron chi connectivity index (χ3n) is 14.8. The van der Waals surface area contributed by atoms with Gasteiger partial charge in [0.15, 0.2) is 0 Å². The molecule has 1 spiro atoms. The zero-order valence-corrected chi connectivity index (χ0v) is 37.8. The Balaban J connectivity index is 0.914. The molecule has 0 aliphatic heterocycles. The van der Waals surface area contributed by atoms with Crippen LogP contribution in [0.5, 0.6) is 0 Å². The Morgan fingerprint density at radius 2 is 0.696 bits per heavy atom. The molecule has 0 unspecified atom stereocenters. The molecule has 12 aromatic rings. The Bertz CT molecular complexity index is 3870. The lowest BCUT2D eigenvalue weighted by molar-refractivity contribution is 0.793. The minimum Gasteiger partial charge on any atom is -0.310 e. The molecule has 0 amide bonds. The molecule has 0 saturated carbocycles. The lowest BCUT2D eigenvalue weighted by atomic mass is 9.70. The summed E-state index contributed by atoms with van der Waals surface area (Å²) >= 11 is 0. The summed E-state index contributed by atoms with van der Waals surface area (Å²) in [5.41, 5.74) is 24.1. The van der Waals surface area contributed by atoms with Crippen molar-refractivity contribution in [2.75, 3.05) is 4.90 Å². The van der Waals surface area contributed by atoms with Crippen molar-refractivity contribution >= 4 is 38.9 Å². The standard InChI is InChI=1S/C67H44N2/c1-3-17-45(18-4-1)46-31-36-50(37-32-46)68(52-40-42-58-57-25-11-15-29-63(57)67(64(58)44-52)61-27-13-9-23-55(61)56-24-10-14-28-62(56)67)51-38-33-47(34-39-51)53-21-7-8-22-54(53)48-35-41-60-59-26-12-16-30-65(59)69(66(60)43-48)49-19-5-2-6-20-49/h1-44H. The molecule has 322 valence electrons. The van der Waals surface area contributed by atoms with Crippen molar-refractivity contribution in [3.05, 3.63) is 289 Å². The van der Waals surface area contributed by atoms with E-state index in [1.165, 1.54) is 99.7 Å². The number of fused-ring (bicyclic) bond motifs is 13. The van der Waals surface area contributed by atoms with Gasteiger partial charge in [0.2, 0.25) is 0 Å². The van der Waals surface area contributed by atoms with E-state index in [0.29, 0.717) is 0 Å². The normalized spacial score (nSPS) is 12.8. The van der Waals surface area contributed by atoms with Crippen molar-refractivity contribution in [1.82, 2.24) is 4.57 Å². The average molecular weight is 877 g/mol. The number of benzene rings is 11. The second kappa shape index (κ2) is 15.6. The van der Waals surface area contributed by atoms with E-state index in [0.717, 1.165) is 22.7 Å². The SMILES string of the molecule is c1ccc(-c2ccc(N(c3ccc(-c4ccccc4-c4ccc5c6ccccc6n(-c6ccccc6)c5c4)cc3)c3ccc4c(c3)C3(c5ccccc5-c5ccccc53)c3ccccc3-4)cc2)cc1. The van der Waals surface area contributed by atoms with Crippen molar-refractivity contribution in [2.24, 2.45) is 0 Å². The molecule has 0 saturated heterocycles. The molecule has 0 atom stereocenters. The average Bonchev–Trinajstić information content (AvgIpc) is 4.03. The van der Waals surface area contributed by atoms with Gasteiger partial charge in [-0.1, -0.05) is 206 Å². The van der Waals surface area contributed by atoms with Gasteiger partial charge >= 0.3 is 0 Å². The molecule has 1 heterocycles. The molecular weight excluding hydrogens is 833 g/mol. The molecular formula is C67H44N2. The van der Waals surface area contributed by atoms with Gasteiger partial charge in [-0.2, -0.15) is 0 Å². The number of para-hydroxylation sites is 2. The van der Waals surface area contributed by atoms with Crippen LogP contribution in [0.1, 0.15) is 22.3 Å². The van der Waals surface area contributed by atoms with Gasteiger partial charge < -0.3 is 9.47 Å².